The van der Waals surface area contributed by atoms with Crippen molar-refractivity contribution in [1.29, 1.82) is 0 Å². The van der Waals surface area contributed by atoms with E-state index in [9.17, 15) is 4.79 Å². The van der Waals surface area contributed by atoms with Crippen LogP contribution in [0.1, 0.15) is 34.7 Å². The lowest BCUT2D eigenvalue weighted by Crippen LogP contribution is -2.28. The number of imidazole rings is 1. The molecule has 0 aliphatic heterocycles. The highest BCUT2D eigenvalue weighted by Crippen LogP contribution is 2.24. The number of amides is 1. The third-order valence-corrected chi connectivity index (χ3v) is 5.46. The molecule has 4 rings (SSSR count). The SMILES string of the molecule is CC(NC(=O)c1cccc(Cl)c1)c1nc2ccccc2n1Cc1cccc(Br)c1. The van der Waals surface area contributed by atoms with Crippen LogP contribution in [0.2, 0.25) is 5.02 Å². The zero-order valence-electron chi connectivity index (χ0n) is 15.8. The molecule has 29 heavy (non-hydrogen) atoms. The summed E-state index contributed by atoms with van der Waals surface area (Å²) in [5, 5.41) is 3.58. The van der Waals surface area contributed by atoms with Crippen molar-refractivity contribution < 1.29 is 4.79 Å². The fraction of sp³-hybridized carbons (Fsp3) is 0.130. The summed E-state index contributed by atoms with van der Waals surface area (Å²) >= 11 is 9.56. The summed E-state index contributed by atoms with van der Waals surface area (Å²) in [6.07, 6.45) is 0. The van der Waals surface area contributed by atoms with Gasteiger partial charge in [-0.2, -0.15) is 0 Å². The van der Waals surface area contributed by atoms with Gasteiger partial charge in [0.05, 0.1) is 17.1 Å². The number of carbonyl (C=O) groups excluding carboxylic acids is 1. The molecule has 0 aliphatic rings. The molecule has 1 aromatic heterocycles. The molecule has 0 saturated heterocycles. The fourth-order valence-electron chi connectivity index (χ4n) is 3.38. The first-order valence-electron chi connectivity index (χ1n) is 9.27. The number of nitrogens with one attached hydrogen (secondary N) is 1. The van der Waals surface area contributed by atoms with Crippen LogP contribution in [0, 0.1) is 0 Å². The van der Waals surface area contributed by atoms with Crippen molar-refractivity contribution in [3.05, 3.63) is 99.2 Å². The summed E-state index contributed by atoms with van der Waals surface area (Å²) in [5.41, 5.74) is 3.61. The Bertz CT molecular complexity index is 1190. The highest BCUT2D eigenvalue weighted by Gasteiger charge is 2.19. The van der Waals surface area contributed by atoms with E-state index in [1.54, 1.807) is 24.3 Å². The monoisotopic (exact) mass is 467 g/mol. The Labute approximate surface area is 182 Å². The highest BCUT2D eigenvalue weighted by molar-refractivity contribution is 9.10. The molecule has 0 saturated carbocycles. The van der Waals surface area contributed by atoms with Crippen molar-refractivity contribution in [2.75, 3.05) is 0 Å². The van der Waals surface area contributed by atoms with Crippen molar-refractivity contribution in [1.82, 2.24) is 14.9 Å². The average molecular weight is 469 g/mol. The van der Waals surface area contributed by atoms with Crippen molar-refractivity contribution in [2.45, 2.75) is 19.5 Å². The number of fused-ring (bicyclic) bond motifs is 1. The van der Waals surface area contributed by atoms with E-state index in [-0.39, 0.29) is 11.9 Å². The summed E-state index contributed by atoms with van der Waals surface area (Å²) in [7, 11) is 0. The molecule has 1 atom stereocenters. The molecule has 0 radical (unpaired) electrons. The number of rotatable bonds is 5. The van der Waals surface area contributed by atoms with E-state index in [1.807, 2.05) is 37.3 Å². The summed E-state index contributed by atoms with van der Waals surface area (Å²) in [6.45, 7) is 2.60. The van der Waals surface area contributed by atoms with Gasteiger partial charge in [0.1, 0.15) is 5.82 Å². The lowest BCUT2D eigenvalue weighted by molar-refractivity contribution is 0.0938. The second-order valence-corrected chi connectivity index (χ2v) is 8.23. The van der Waals surface area contributed by atoms with Crippen LogP contribution in [0.5, 0.6) is 0 Å². The zero-order valence-corrected chi connectivity index (χ0v) is 18.1. The third kappa shape index (κ3) is 4.36. The maximum atomic E-state index is 12.7. The second-order valence-electron chi connectivity index (χ2n) is 6.88. The molecule has 4 aromatic rings. The van der Waals surface area contributed by atoms with Crippen LogP contribution < -0.4 is 5.32 Å². The number of aromatic nitrogens is 2. The Hall–Kier alpha value is -2.63. The van der Waals surface area contributed by atoms with Gasteiger partial charge in [-0.1, -0.05) is 57.9 Å². The van der Waals surface area contributed by atoms with Gasteiger partial charge in [0.2, 0.25) is 0 Å². The van der Waals surface area contributed by atoms with E-state index in [1.165, 1.54) is 0 Å². The number of para-hydroxylation sites is 2. The Balaban J connectivity index is 1.68. The van der Waals surface area contributed by atoms with Gasteiger partial charge in [-0.3, -0.25) is 4.79 Å². The van der Waals surface area contributed by atoms with Gasteiger partial charge >= 0.3 is 0 Å². The van der Waals surface area contributed by atoms with E-state index in [4.69, 9.17) is 16.6 Å². The first-order chi connectivity index (χ1) is 14.0. The van der Waals surface area contributed by atoms with E-state index in [0.29, 0.717) is 17.1 Å². The molecule has 0 aliphatic carbocycles. The molecule has 0 spiro atoms. The van der Waals surface area contributed by atoms with E-state index >= 15 is 0 Å². The van der Waals surface area contributed by atoms with Crippen LogP contribution in [0.4, 0.5) is 0 Å². The maximum Gasteiger partial charge on any atom is 0.251 e. The van der Waals surface area contributed by atoms with E-state index in [0.717, 1.165) is 26.9 Å². The summed E-state index contributed by atoms with van der Waals surface area (Å²) in [4.78, 5) is 17.5. The first-order valence-corrected chi connectivity index (χ1v) is 10.4. The predicted octanol–water partition coefficient (Wildman–Crippen LogP) is 5.99. The van der Waals surface area contributed by atoms with Crippen LogP contribution in [-0.4, -0.2) is 15.5 Å². The van der Waals surface area contributed by atoms with Crippen LogP contribution in [-0.2, 0) is 6.54 Å². The van der Waals surface area contributed by atoms with Gasteiger partial charge in [-0.15, -0.1) is 0 Å². The summed E-state index contributed by atoms with van der Waals surface area (Å²) in [5.74, 6) is 0.627. The molecule has 4 nitrogen and oxygen atoms in total. The molecule has 0 fully saturated rings. The molecule has 146 valence electrons. The topological polar surface area (TPSA) is 46.9 Å². The van der Waals surface area contributed by atoms with Crippen LogP contribution in [0.15, 0.2) is 77.3 Å². The molecule has 1 amide bonds. The highest BCUT2D eigenvalue weighted by atomic mass is 79.9. The fourth-order valence-corrected chi connectivity index (χ4v) is 4.02. The Kier molecular flexibility index (Phi) is 5.69. The number of hydrogen-bond donors (Lipinski definition) is 1. The molecular weight excluding hydrogens is 450 g/mol. The zero-order chi connectivity index (χ0) is 20.4. The van der Waals surface area contributed by atoms with Crippen molar-refractivity contribution in [3.8, 4) is 0 Å². The molecule has 1 N–H and O–H groups in total. The summed E-state index contributed by atoms with van der Waals surface area (Å²) < 4.78 is 3.18. The van der Waals surface area contributed by atoms with Gasteiger partial charge in [-0.25, -0.2) is 4.98 Å². The minimum atomic E-state index is -0.277. The maximum absolute atomic E-state index is 12.7. The van der Waals surface area contributed by atoms with E-state index < -0.39 is 0 Å². The van der Waals surface area contributed by atoms with Gasteiger partial charge in [-0.05, 0) is 55.0 Å². The smallest absolute Gasteiger partial charge is 0.251 e. The molecular formula is C23H19BrClN3O. The largest absolute Gasteiger partial charge is 0.342 e. The summed E-state index contributed by atoms with van der Waals surface area (Å²) in [6, 6.07) is 22.9. The minimum Gasteiger partial charge on any atom is -0.342 e. The minimum absolute atomic E-state index is 0.180. The van der Waals surface area contributed by atoms with Crippen LogP contribution in [0.3, 0.4) is 0 Å². The lowest BCUT2D eigenvalue weighted by Gasteiger charge is -2.17. The first kappa shape index (κ1) is 19.7. The Morgan fingerprint density at radius 3 is 2.69 bits per heavy atom. The Morgan fingerprint density at radius 1 is 1.10 bits per heavy atom. The third-order valence-electron chi connectivity index (χ3n) is 4.74. The molecule has 3 aromatic carbocycles. The average Bonchev–Trinajstić information content (AvgIpc) is 3.07. The molecule has 1 unspecified atom stereocenters. The van der Waals surface area contributed by atoms with Crippen LogP contribution in [0.25, 0.3) is 11.0 Å². The molecule has 6 heteroatoms. The number of hydrogen-bond acceptors (Lipinski definition) is 2. The van der Waals surface area contributed by atoms with Gasteiger partial charge in [0, 0.05) is 21.6 Å². The number of benzene rings is 3. The van der Waals surface area contributed by atoms with E-state index in [2.05, 4.69) is 44.0 Å². The molecule has 0 bridgehead atoms. The Morgan fingerprint density at radius 2 is 1.90 bits per heavy atom. The lowest BCUT2D eigenvalue weighted by atomic mass is 10.2. The normalized spacial score (nSPS) is 12.1. The quantitative estimate of drug-likeness (QED) is 0.391. The number of nitrogens with zero attached hydrogens (tertiary/aromatic N) is 2. The molecule has 1 heterocycles. The van der Waals surface area contributed by atoms with Crippen molar-refractivity contribution in [2.24, 2.45) is 0 Å². The van der Waals surface area contributed by atoms with Gasteiger partial charge in [0.15, 0.2) is 0 Å². The van der Waals surface area contributed by atoms with Gasteiger partial charge < -0.3 is 9.88 Å². The number of halogens is 2. The van der Waals surface area contributed by atoms with Crippen molar-refractivity contribution >= 4 is 44.5 Å². The predicted molar refractivity (Wildman–Crippen MR) is 120 cm³/mol. The number of carbonyl (C=O) groups is 1. The van der Waals surface area contributed by atoms with Crippen LogP contribution >= 0.6 is 27.5 Å². The standard InChI is InChI=1S/C23H19BrClN3O/c1-15(26-23(29)17-7-5-9-19(25)13-17)22-27-20-10-2-3-11-21(20)28(22)14-16-6-4-8-18(24)12-16/h2-13,15H,14H2,1H3,(H,26,29). The van der Waals surface area contributed by atoms with Crippen molar-refractivity contribution in [3.63, 3.8) is 0 Å². The second kappa shape index (κ2) is 8.39. The van der Waals surface area contributed by atoms with Gasteiger partial charge in [0.25, 0.3) is 5.91 Å².